The van der Waals surface area contributed by atoms with Crippen molar-refractivity contribution in [3.05, 3.63) is 0 Å². The second kappa shape index (κ2) is 93.9. The summed E-state index contributed by atoms with van der Waals surface area (Å²) >= 11 is 0. The van der Waals surface area contributed by atoms with Crippen molar-refractivity contribution >= 4 is 0 Å². The Morgan fingerprint density at radius 2 is 0.208 bits per heavy atom. The highest BCUT2D eigenvalue weighted by atomic mass is 16.6. The van der Waals surface area contributed by atoms with E-state index in [1.165, 1.54) is 89.9 Å². The molecule has 96 heavy (non-hydrogen) atoms. The van der Waals surface area contributed by atoms with Gasteiger partial charge in [-0.25, -0.2) is 0 Å². The van der Waals surface area contributed by atoms with E-state index >= 15 is 0 Å². The van der Waals surface area contributed by atoms with Crippen LogP contribution >= 0.6 is 0 Å². The molecule has 1 N–H and O–H groups in total. The van der Waals surface area contributed by atoms with Gasteiger partial charge in [0.05, 0.1) is 344 Å². The number of unbranched alkanes of at least 4 members (excludes halogenated alkanes) is 14. The first-order chi connectivity index (χ1) is 47.9. The molecule has 0 aliphatic heterocycles. The Kier molecular flexibility index (Phi) is 92.9. The van der Waals surface area contributed by atoms with Crippen LogP contribution in [0.3, 0.4) is 0 Å². The molecule has 27 nitrogen and oxygen atoms in total. The Bertz CT molecular complexity index is 1220. The number of hydrogen-bond acceptors (Lipinski definition) is 27. The Balaban J connectivity index is 3.09. The van der Waals surface area contributed by atoms with Gasteiger partial charge in [0.1, 0.15) is 0 Å². The van der Waals surface area contributed by atoms with Crippen LogP contribution in [0, 0.1) is 0 Å². The minimum atomic E-state index is 0.0178. The summed E-state index contributed by atoms with van der Waals surface area (Å²) in [5.41, 5.74) is 0. The van der Waals surface area contributed by atoms with E-state index < -0.39 is 0 Å². The zero-order valence-electron chi connectivity index (χ0n) is 60.1. The van der Waals surface area contributed by atoms with Crippen LogP contribution in [-0.4, -0.2) is 355 Å². The van der Waals surface area contributed by atoms with Gasteiger partial charge in [-0.2, -0.15) is 0 Å². The van der Waals surface area contributed by atoms with E-state index in [-0.39, 0.29) is 6.61 Å². The maximum atomic E-state index is 8.62. The van der Waals surface area contributed by atoms with Crippen LogP contribution in [0.25, 0.3) is 0 Å². The third-order valence-electron chi connectivity index (χ3n) is 13.4. The fraction of sp³-hybridized carbons (Fsp3) is 1.00. The summed E-state index contributed by atoms with van der Waals surface area (Å²) in [5, 5.41) is 8.62. The number of rotatable bonds is 93. The van der Waals surface area contributed by atoms with Gasteiger partial charge in [0, 0.05) is 6.61 Å². The lowest BCUT2D eigenvalue weighted by molar-refractivity contribution is -0.0322. The minimum Gasteiger partial charge on any atom is -0.394 e. The normalized spacial score (nSPS) is 11.8. The number of aliphatic hydroxyl groups is 1. The standard InChI is InChI=1S/C69H140O27/c1-2-3-4-5-6-7-8-9-10-11-12-13-14-15-16-18-71-20-22-73-24-26-75-28-30-77-32-34-79-36-38-81-40-42-83-44-46-85-48-50-87-52-54-89-56-58-91-60-62-93-64-66-95-68-69-96-67-65-94-63-61-92-59-57-90-55-53-88-51-49-86-47-45-84-43-41-82-39-37-80-35-33-78-31-29-76-27-25-74-23-21-72-19-17-70/h70H,2-69H2,1H3. The van der Waals surface area contributed by atoms with E-state index in [0.717, 1.165) is 13.0 Å². The first-order valence-electron chi connectivity index (χ1n) is 36.5. The van der Waals surface area contributed by atoms with Gasteiger partial charge < -0.3 is 128 Å². The zero-order chi connectivity index (χ0) is 68.5. The molecule has 0 saturated heterocycles. The van der Waals surface area contributed by atoms with Crippen molar-refractivity contribution in [3.8, 4) is 0 Å². The highest BCUT2D eigenvalue weighted by molar-refractivity contribution is 4.51. The molecule has 0 aromatic heterocycles. The van der Waals surface area contributed by atoms with Gasteiger partial charge in [0.25, 0.3) is 0 Å². The third kappa shape index (κ3) is 92.9. The molecule has 0 aromatic carbocycles. The largest absolute Gasteiger partial charge is 0.394 e. The predicted octanol–water partition coefficient (Wildman–Crippen LogP) is 6.28. The lowest BCUT2D eigenvalue weighted by Crippen LogP contribution is -2.16. The van der Waals surface area contributed by atoms with E-state index in [0.29, 0.717) is 337 Å². The number of aliphatic hydroxyl groups excluding tert-OH is 1. The average molecular weight is 1400 g/mol. The fourth-order valence-electron chi connectivity index (χ4n) is 8.24. The second-order valence-electron chi connectivity index (χ2n) is 21.6. The molecule has 0 amide bonds. The summed E-state index contributed by atoms with van der Waals surface area (Å²) in [6.45, 7) is 28.4. The molecule has 0 heterocycles. The Labute approximate surface area is 579 Å². The van der Waals surface area contributed by atoms with E-state index in [2.05, 4.69) is 6.92 Å². The van der Waals surface area contributed by atoms with Crippen molar-refractivity contribution < 1.29 is 128 Å². The molecular formula is C69H140O27. The lowest BCUT2D eigenvalue weighted by Gasteiger charge is -2.09. The fourth-order valence-corrected chi connectivity index (χ4v) is 8.24. The van der Waals surface area contributed by atoms with E-state index in [4.69, 9.17) is 128 Å². The topological polar surface area (TPSA) is 260 Å². The summed E-state index contributed by atoms with van der Waals surface area (Å²) in [4.78, 5) is 0. The Hall–Kier alpha value is -1.08. The predicted molar refractivity (Wildman–Crippen MR) is 363 cm³/mol. The van der Waals surface area contributed by atoms with Gasteiger partial charge in [-0.1, -0.05) is 96.8 Å². The van der Waals surface area contributed by atoms with Gasteiger partial charge >= 0.3 is 0 Å². The quantitative estimate of drug-likeness (QED) is 0.0657. The maximum absolute atomic E-state index is 8.62. The molecule has 578 valence electrons. The number of ether oxygens (including phenoxy) is 26. The Morgan fingerprint density at radius 1 is 0.115 bits per heavy atom. The summed E-state index contributed by atoms with van der Waals surface area (Å²) in [6.07, 6.45) is 20.6. The molecule has 0 saturated carbocycles. The summed E-state index contributed by atoms with van der Waals surface area (Å²) in [7, 11) is 0. The highest BCUT2D eigenvalue weighted by Gasteiger charge is 2.02. The molecule has 0 rings (SSSR count). The van der Waals surface area contributed by atoms with Crippen LogP contribution in [-0.2, 0) is 123 Å². The molecular weight excluding hydrogens is 1260 g/mol. The molecule has 0 radical (unpaired) electrons. The van der Waals surface area contributed by atoms with Crippen LogP contribution in [0.2, 0.25) is 0 Å². The summed E-state index contributed by atoms with van der Waals surface area (Å²) in [5.74, 6) is 0. The van der Waals surface area contributed by atoms with Crippen molar-refractivity contribution in [2.45, 2.75) is 103 Å². The van der Waals surface area contributed by atoms with Crippen LogP contribution in [0.15, 0.2) is 0 Å². The summed E-state index contributed by atoms with van der Waals surface area (Å²) < 4.78 is 143. The molecule has 0 aliphatic rings. The van der Waals surface area contributed by atoms with Gasteiger partial charge in [-0.3, -0.25) is 0 Å². The van der Waals surface area contributed by atoms with Gasteiger partial charge in [0.2, 0.25) is 0 Å². The van der Waals surface area contributed by atoms with Crippen LogP contribution < -0.4 is 0 Å². The lowest BCUT2D eigenvalue weighted by atomic mass is 10.0. The van der Waals surface area contributed by atoms with E-state index in [9.17, 15) is 0 Å². The van der Waals surface area contributed by atoms with Crippen LogP contribution in [0.5, 0.6) is 0 Å². The van der Waals surface area contributed by atoms with Crippen molar-refractivity contribution in [1.82, 2.24) is 0 Å². The third-order valence-corrected chi connectivity index (χ3v) is 13.4. The zero-order valence-corrected chi connectivity index (χ0v) is 60.1. The van der Waals surface area contributed by atoms with E-state index in [1.54, 1.807) is 0 Å². The van der Waals surface area contributed by atoms with Gasteiger partial charge in [-0.15, -0.1) is 0 Å². The highest BCUT2D eigenvalue weighted by Crippen LogP contribution is 2.13. The molecule has 27 heteroatoms. The maximum Gasteiger partial charge on any atom is 0.0701 e. The second-order valence-corrected chi connectivity index (χ2v) is 21.6. The van der Waals surface area contributed by atoms with Crippen LogP contribution in [0.4, 0.5) is 0 Å². The van der Waals surface area contributed by atoms with E-state index in [1.807, 2.05) is 0 Å². The smallest absolute Gasteiger partial charge is 0.0701 e. The monoisotopic (exact) mass is 1400 g/mol. The minimum absolute atomic E-state index is 0.0178. The van der Waals surface area contributed by atoms with Crippen molar-refractivity contribution in [2.75, 3.05) is 350 Å². The molecule has 0 aliphatic carbocycles. The molecule has 0 fully saturated rings. The van der Waals surface area contributed by atoms with Crippen molar-refractivity contribution in [2.24, 2.45) is 0 Å². The molecule has 0 atom stereocenters. The first-order valence-corrected chi connectivity index (χ1v) is 36.5. The van der Waals surface area contributed by atoms with Crippen LogP contribution in [0.1, 0.15) is 103 Å². The Morgan fingerprint density at radius 3 is 0.323 bits per heavy atom. The van der Waals surface area contributed by atoms with Crippen molar-refractivity contribution in [3.63, 3.8) is 0 Å². The number of hydrogen-bond donors (Lipinski definition) is 1. The molecule has 0 unspecified atom stereocenters. The van der Waals surface area contributed by atoms with Gasteiger partial charge in [0.15, 0.2) is 0 Å². The van der Waals surface area contributed by atoms with Gasteiger partial charge in [-0.05, 0) is 6.42 Å². The molecule has 0 spiro atoms. The SMILES string of the molecule is CCCCCCCCCCCCCCCCCOCCOCCOCCOCCOCCOCCOCCOCCOCCOCCOCCOCCOCCOCCOCCOCCOCCOCCOCCOCCOCCOCCOCCOCCOCCOCCO. The molecule has 0 aromatic rings. The average Bonchev–Trinajstić information content (AvgIpc) is 3.61. The van der Waals surface area contributed by atoms with Crippen molar-refractivity contribution in [1.29, 1.82) is 0 Å². The molecule has 0 bridgehead atoms. The summed E-state index contributed by atoms with van der Waals surface area (Å²) in [6, 6.07) is 0. The first kappa shape index (κ1) is 94.9.